The van der Waals surface area contributed by atoms with Crippen LogP contribution in [0.2, 0.25) is 0 Å². The summed E-state index contributed by atoms with van der Waals surface area (Å²) in [5.74, 6) is 0.723. The summed E-state index contributed by atoms with van der Waals surface area (Å²) in [5, 5.41) is 12.0. The van der Waals surface area contributed by atoms with Gasteiger partial charge in [-0.1, -0.05) is 0 Å². The first-order valence-corrected chi connectivity index (χ1v) is 7.48. The Kier molecular flexibility index (Phi) is 4.86. The summed E-state index contributed by atoms with van der Waals surface area (Å²) in [4.78, 5) is 18.2. The summed E-state index contributed by atoms with van der Waals surface area (Å²) in [6.45, 7) is 7.05. The van der Waals surface area contributed by atoms with Gasteiger partial charge in [0.1, 0.15) is 17.5 Å². The van der Waals surface area contributed by atoms with Gasteiger partial charge in [0.2, 0.25) is 0 Å². The number of hydrogen-bond acceptors (Lipinski definition) is 5. The second-order valence-corrected chi connectivity index (χ2v) is 6.39. The SMILES string of the molecule is CC(C)(C)OC(=O)NC1CCN(c2ncccc2C#N)CC1. The van der Waals surface area contributed by atoms with Crippen molar-refractivity contribution in [1.82, 2.24) is 10.3 Å². The number of aromatic nitrogens is 1. The first-order valence-electron chi connectivity index (χ1n) is 7.48. The number of pyridine rings is 1. The molecule has 1 N–H and O–H groups in total. The molecule has 118 valence electrons. The van der Waals surface area contributed by atoms with E-state index in [1.807, 2.05) is 20.8 Å². The normalized spacial score (nSPS) is 16.0. The zero-order valence-electron chi connectivity index (χ0n) is 13.3. The minimum absolute atomic E-state index is 0.0975. The molecule has 0 atom stereocenters. The molecule has 1 fully saturated rings. The largest absolute Gasteiger partial charge is 0.444 e. The van der Waals surface area contributed by atoms with E-state index in [-0.39, 0.29) is 12.1 Å². The third-order valence-electron chi connectivity index (χ3n) is 3.42. The van der Waals surface area contributed by atoms with Crippen molar-refractivity contribution in [2.24, 2.45) is 0 Å². The summed E-state index contributed by atoms with van der Waals surface area (Å²) in [6.07, 6.45) is 2.93. The van der Waals surface area contributed by atoms with E-state index in [0.29, 0.717) is 5.56 Å². The molecule has 0 unspecified atom stereocenters. The average molecular weight is 302 g/mol. The number of rotatable bonds is 2. The van der Waals surface area contributed by atoms with Crippen molar-refractivity contribution in [2.75, 3.05) is 18.0 Å². The van der Waals surface area contributed by atoms with Gasteiger partial charge in [0.25, 0.3) is 0 Å². The van der Waals surface area contributed by atoms with E-state index >= 15 is 0 Å². The molecular weight excluding hydrogens is 280 g/mol. The van der Waals surface area contributed by atoms with Crippen LogP contribution in [0.25, 0.3) is 0 Å². The van der Waals surface area contributed by atoms with Crippen LogP contribution < -0.4 is 10.2 Å². The van der Waals surface area contributed by atoms with E-state index in [2.05, 4.69) is 21.3 Å². The van der Waals surface area contributed by atoms with Crippen LogP contribution in [0.1, 0.15) is 39.2 Å². The number of carbonyl (C=O) groups is 1. The number of alkyl carbamates (subject to hydrolysis) is 1. The molecule has 1 saturated heterocycles. The lowest BCUT2D eigenvalue weighted by Gasteiger charge is -2.33. The maximum absolute atomic E-state index is 11.8. The topological polar surface area (TPSA) is 78.2 Å². The van der Waals surface area contributed by atoms with Crippen LogP contribution in [-0.4, -0.2) is 35.8 Å². The van der Waals surface area contributed by atoms with E-state index in [9.17, 15) is 4.79 Å². The van der Waals surface area contributed by atoms with Gasteiger partial charge in [0.05, 0.1) is 5.56 Å². The lowest BCUT2D eigenvalue weighted by atomic mass is 10.0. The zero-order chi connectivity index (χ0) is 16.2. The van der Waals surface area contributed by atoms with Gasteiger partial charge in [-0.05, 0) is 45.7 Å². The third kappa shape index (κ3) is 4.35. The van der Waals surface area contributed by atoms with Crippen LogP contribution in [0.5, 0.6) is 0 Å². The Balaban J connectivity index is 1.88. The molecule has 22 heavy (non-hydrogen) atoms. The molecule has 1 aromatic rings. The summed E-state index contributed by atoms with van der Waals surface area (Å²) >= 11 is 0. The monoisotopic (exact) mass is 302 g/mol. The lowest BCUT2D eigenvalue weighted by Crippen LogP contribution is -2.46. The Morgan fingerprint density at radius 3 is 2.73 bits per heavy atom. The zero-order valence-corrected chi connectivity index (χ0v) is 13.3. The number of nitrogens with zero attached hydrogens (tertiary/aromatic N) is 3. The molecule has 0 aliphatic carbocycles. The van der Waals surface area contributed by atoms with Crippen molar-refractivity contribution in [3.05, 3.63) is 23.9 Å². The summed E-state index contributed by atoms with van der Waals surface area (Å²) < 4.78 is 5.27. The number of nitriles is 1. The van der Waals surface area contributed by atoms with Gasteiger partial charge in [0.15, 0.2) is 0 Å². The number of carbonyl (C=O) groups excluding carboxylic acids is 1. The Bertz CT molecular complexity index is 566. The number of amides is 1. The van der Waals surface area contributed by atoms with Crippen molar-refractivity contribution in [2.45, 2.75) is 45.3 Å². The lowest BCUT2D eigenvalue weighted by molar-refractivity contribution is 0.0497. The smallest absolute Gasteiger partial charge is 0.407 e. The third-order valence-corrected chi connectivity index (χ3v) is 3.42. The first-order chi connectivity index (χ1) is 10.4. The molecule has 2 heterocycles. The van der Waals surface area contributed by atoms with Gasteiger partial charge in [-0.3, -0.25) is 0 Å². The van der Waals surface area contributed by atoms with Crippen LogP contribution in [0.4, 0.5) is 10.6 Å². The molecule has 6 nitrogen and oxygen atoms in total. The maximum Gasteiger partial charge on any atom is 0.407 e. The van der Waals surface area contributed by atoms with Gasteiger partial charge in [-0.25, -0.2) is 9.78 Å². The number of hydrogen-bond donors (Lipinski definition) is 1. The van der Waals surface area contributed by atoms with Crippen molar-refractivity contribution in [1.29, 1.82) is 5.26 Å². The number of anilines is 1. The highest BCUT2D eigenvalue weighted by Gasteiger charge is 2.25. The van der Waals surface area contributed by atoms with Crippen LogP contribution in [0.3, 0.4) is 0 Å². The van der Waals surface area contributed by atoms with Gasteiger partial charge in [-0.2, -0.15) is 5.26 Å². The number of piperidine rings is 1. The quantitative estimate of drug-likeness (QED) is 0.908. The molecule has 6 heteroatoms. The molecule has 1 aromatic heterocycles. The molecular formula is C16H22N4O2. The van der Waals surface area contributed by atoms with Gasteiger partial charge in [0, 0.05) is 25.3 Å². The maximum atomic E-state index is 11.8. The Morgan fingerprint density at radius 1 is 1.45 bits per heavy atom. The van der Waals surface area contributed by atoms with Crippen LogP contribution >= 0.6 is 0 Å². The number of ether oxygens (including phenoxy) is 1. The minimum atomic E-state index is -0.486. The first kappa shape index (κ1) is 16.1. The van der Waals surface area contributed by atoms with Gasteiger partial charge < -0.3 is 15.0 Å². The molecule has 0 spiro atoms. The van der Waals surface area contributed by atoms with E-state index in [0.717, 1.165) is 31.7 Å². The summed E-state index contributed by atoms with van der Waals surface area (Å²) in [6, 6.07) is 5.80. The fourth-order valence-electron chi connectivity index (χ4n) is 2.45. The van der Waals surface area contributed by atoms with Crippen LogP contribution in [0.15, 0.2) is 18.3 Å². The average Bonchev–Trinajstić information content (AvgIpc) is 2.46. The molecule has 0 radical (unpaired) electrons. The fraction of sp³-hybridized carbons (Fsp3) is 0.562. The van der Waals surface area contributed by atoms with E-state index in [1.165, 1.54) is 0 Å². The van der Waals surface area contributed by atoms with E-state index in [1.54, 1.807) is 18.3 Å². The van der Waals surface area contributed by atoms with Crippen molar-refractivity contribution >= 4 is 11.9 Å². The minimum Gasteiger partial charge on any atom is -0.444 e. The molecule has 0 bridgehead atoms. The fourth-order valence-corrected chi connectivity index (χ4v) is 2.45. The Hall–Kier alpha value is -2.29. The second-order valence-electron chi connectivity index (χ2n) is 6.39. The van der Waals surface area contributed by atoms with Crippen LogP contribution in [-0.2, 0) is 4.74 Å². The molecule has 1 amide bonds. The van der Waals surface area contributed by atoms with E-state index < -0.39 is 5.60 Å². The van der Waals surface area contributed by atoms with Gasteiger partial charge in [-0.15, -0.1) is 0 Å². The summed E-state index contributed by atoms with van der Waals surface area (Å²) in [5.41, 5.74) is 0.0986. The Morgan fingerprint density at radius 2 is 2.14 bits per heavy atom. The van der Waals surface area contributed by atoms with E-state index in [4.69, 9.17) is 10.00 Å². The highest BCUT2D eigenvalue weighted by Crippen LogP contribution is 2.21. The predicted molar refractivity (Wildman–Crippen MR) is 83.6 cm³/mol. The number of nitrogens with one attached hydrogen (secondary N) is 1. The molecule has 2 rings (SSSR count). The van der Waals surface area contributed by atoms with Gasteiger partial charge >= 0.3 is 6.09 Å². The molecule has 1 aliphatic heterocycles. The highest BCUT2D eigenvalue weighted by atomic mass is 16.6. The molecule has 0 saturated carbocycles. The molecule has 0 aromatic carbocycles. The van der Waals surface area contributed by atoms with Crippen molar-refractivity contribution < 1.29 is 9.53 Å². The second kappa shape index (κ2) is 6.65. The van der Waals surface area contributed by atoms with Crippen LogP contribution in [0, 0.1) is 11.3 Å². The van der Waals surface area contributed by atoms with Crippen molar-refractivity contribution in [3.8, 4) is 6.07 Å². The Labute approximate surface area is 131 Å². The molecule has 1 aliphatic rings. The summed E-state index contributed by atoms with van der Waals surface area (Å²) in [7, 11) is 0. The van der Waals surface area contributed by atoms with Crippen molar-refractivity contribution in [3.63, 3.8) is 0 Å². The predicted octanol–water partition coefficient (Wildman–Crippen LogP) is 2.45. The standard InChI is InChI=1S/C16H22N4O2/c1-16(2,3)22-15(21)19-13-6-9-20(10-7-13)14-12(11-17)5-4-8-18-14/h4-5,8,13H,6-7,9-10H2,1-3H3,(H,19,21). The highest BCUT2D eigenvalue weighted by molar-refractivity contribution is 5.68.